The van der Waals surface area contributed by atoms with Crippen molar-refractivity contribution in [3.05, 3.63) is 35.4 Å². The molecule has 14 heavy (non-hydrogen) atoms. The monoisotopic (exact) mass is 189 g/mol. The summed E-state index contributed by atoms with van der Waals surface area (Å²) in [6, 6.07) is 8.63. The Morgan fingerprint density at radius 3 is 2.43 bits per heavy atom. The van der Waals surface area contributed by atoms with Crippen LogP contribution in [0.4, 0.5) is 0 Å². The molecule has 0 bridgehead atoms. The van der Waals surface area contributed by atoms with Gasteiger partial charge in [0.15, 0.2) is 0 Å². The zero-order valence-electron chi connectivity index (χ0n) is 9.16. The van der Waals surface area contributed by atoms with Crippen molar-refractivity contribution in [3.63, 3.8) is 0 Å². The first-order valence-corrected chi connectivity index (χ1v) is 5.23. The van der Waals surface area contributed by atoms with Crippen molar-refractivity contribution in [2.24, 2.45) is 10.9 Å². The molecule has 1 aromatic carbocycles. The van der Waals surface area contributed by atoms with Crippen LogP contribution in [-0.4, -0.2) is 13.3 Å². The van der Waals surface area contributed by atoms with Crippen LogP contribution >= 0.6 is 0 Å². The molecule has 0 aliphatic carbocycles. The smallest absolute Gasteiger partial charge is 0.0422 e. The standard InChI is InChI=1S/C13H19N/c1-11(2)10-13-7-5-4-6-12(13)8-9-14-3/h4-7,11H,3,8-10H2,1-2H3. The van der Waals surface area contributed by atoms with Gasteiger partial charge in [0.25, 0.3) is 0 Å². The average Bonchev–Trinajstić information content (AvgIpc) is 2.16. The maximum atomic E-state index is 3.90. The predicted octanol–water partition coefficient (Wildman–Crippen LogP) is 3.13. The SMILES string of the molecule is C=NCCc1ccccc1CC(C)C. The van der Waals surface area contributed by atoms with Crippen LogP contribution in [0, 0.1) is 5.92 Å². The van der Waals surface area contributed by atoms with E-state index < -0.39 is 0 Å². The van der Waals surface area contributed by atoms with Gasteiger partial charge in [0.1, 0.15) is 0 Å². The number of nitrogens with zero attached hydrogens (tertiary/aromatic N) is 1. The minimum Gasteiger partial charge on any atom is -0.301 e. The fraction of sp³-hybridized carbons (Fsp3) is 0.462. The second-order valence-electron chi connectivity index (χ2n) is 4.06. The van der Waals surface area contributed by atoms with Crippen LogP contribution in [0.15, 0.2) is 29.3 Å². The van der Waals surface area contributed by atoms with E-state index in [1.54, 1.807) is 0 Å². The van der Waals surface area contributed by atoms with Crippen molar-refractivity contribution < 1.29 is 0 Å². The topological polar surface area (TPSA) is 12.4 Å². The van der Waals surface area contributed by atoms with Crippen LogP contribution in [0.1, 0.15) is 25.0 Å². The average molecular weight is 189 g/mol. The summed E-state index contributed by atoms with van der Waals surface area (Å²) in [5.41, 5.74) is 2.89. The van der Waals surface area contributed by atoms with E-state index in [1.807, 2.05) is 0 Å². The normalized spacial score (nSPS) is 10.5. The zero-order valence-corrected chi connectivity index (χ0v) is 9.16. The molecule has 1 aromatic rings. The molecule has 0 N–H and O–H groups in total. The summed E-state index contributed by atoms with van der Waals surface area (Å²) in [6.45, 7) is 8.85. The summed E-state index contributed by atoms with van der Waals surface area (Å²) in [5, 5.41) is 0. The highest BCUT2D eigenvalue weighted by Gasteiger charge is 2.03. The summed E-state index contributed by atoms with van der Waals surface area (Å²) in [7, 11) is 0. The van der Waals surface area contributed by atoms with E-state index in [0.717, 1.165) is 19.4 Å². The lowest BCUT2D eigenvalue weighted by Crippen LogP contribution is -2.00. The lowest BCUT2D eigenvalue weighted by atomic mass is 9.96. The van der Waals surface area contributed by atoms with E-state index in [2.05, 4.69) is 49.8 Å². The van der Waals surface area contributed by atoms with Crippen molar-refractivity contribution in [1.82, 2.24) is 0 Å². The quantitative estimate of drug-likeness (QED) is 0.631. The highest BCUT2D eigenvalue weighted by Crippen LogP contribution is 2.14. The van der Waals surface area contributed by atoms with Crippen molar-refractivity contribution >= 4 is 6.72 Å². The van der Waals surface area contributed by atoms with Gasteiger partial charge < -0.3 is 4.99 Å². The van der Waals surface area contributed by atoms with Crippen molar-refractivity contribution in [1.29, 1.82) is 0 Å². The van der Waals surface area contributed by atoms with E-state index in [1.165, 1.54) is 11.1 Å². The maximum Gasteiger partial charge on any atom is 0.0422 e. The Balaban J connectivity index is 2.74. The minimum absolute atomic E-state index is 0.716. The Kier molecular flexibility index (Phi) is 4.37. The zero-order chi connectivity index (χ0) is 10.4. The van der Waals surface area contributed by atoms with Gasteiger partial charge in [0.05, 0.1) is 0 Å². The Labute approximate surface area is 86.9 Å². The molecule has 0 saturated carbocycles. The summed E-state index contributed by atoms with van der Waals surface area (Å²) in [4.78, 5) is 3.90. The molecule has 0 heterocycles. The predicted molar refractivity (Wildman–Crippen MR) is 63.1 cm³/mol. The minimum atomic E-state index is 0.716. The van der Waals surface area contributed by atoms with Gasteiger partial charge in [-0.1, -0.05) is 38.1 Å². The molecule has 0 amide bonds. The fourth-order valence-corrected chi connectivity index (χ4v) is 1.64. The molecule has 0 spiro atoms. The van der Waals surface area contributed by atoms with Crippen LogP contribution in [0.25, 0.3) is 0 Å². The van der Waals surface area contributed by atoms with Gasteiger partial charge in [-0.3, -0.25) is 0 Å². The Morgan fingerprint density at radius 2 is 1.86 bits per heavy atom. The highest BCUT2D eigenvalue weighted by molar-refractivity contribution is 5.29. The maximum absolute atomic E-state index is 3.90. The summed E-state index contributed by atoms with van der Waals surface area (Å²) in [6.07, 6.45) is 2.18. The molecule has 0 aliphatic heterocycles. The number of hydrogen-bond donors (Lipinski definition) is 0. The van der Waals surface area contributed by atoms with Gasteiger partial charge in [-0.2, -0.15) is 0 Å². The molecule has 0 aliphatic rings. The van der Waals surface area contributed by atoms with Crippen molar-refractivity contribution in [2.75, 3.05) is 6.54 Å². The molecule has 0 unspecified atom stereocenters. The molecule has 0 saturated heterocycles. The van der Waals surface area contributed by atoms with Gasteiger partial charge in [0, 0.05) is 6.54 Å². The Morgan fingerprint density at radius 1 is 1.21 bits per heavy atom. The van der Waals surface area contributed by atoms with Gasteiger partial charge in [-0.05, 0) is 36.6 Å². The second-order valence-corrected chi connectivity index (χ2v) is 4.06. The summed E-state index contributed by atoms with van der Waals surface area (Å²) >= 11 is 0. The lowest BCUT2D eigenvalue weighted by molar-refractivity contribution is 0.642. The third-order valence-electron chi connectivity index (χ3n) is 2.29. The molecule has 0 atom stereocenters. The molecule has 0 fully saturated rings. The van der Waals surface area contributed by atoms with E-state index in [-0.39, 0.29) is 0 Å². The summed E-state index contributed by atoms with van der Waals surface area (Å²) < 4.78 is 0. The number of rotatable bonds is 5. The number of hydrogen-bond acceptors (Lipinski definition) is 1. The second kappa shape index (κ2) is 5.58. The molecular formula is C13H19N. The largest absolute Gasteiger partial charge is 0.301 e. The van der Waals surface area contributed by atoms with Crippen LogP contribution in [0.5, 0.6) is 0 Å². The highest BCUT2D eigenvalue weighted by atomic mass is 14.7. The molecular weight excluding hydrogens is 170 g/mol. The van der Waals surface area contributed by atoms with Gasteiger partial charge in [0.2, 0.25) is 0 Å². The van der Waals surface area contributed by atoms with E-state index in [4.69, 9.17) is 0 Å². The number of benzene rings is 1. The molecule has 76 valence electrons. The van der Waals surface area contributed by atoms with Crippen molar-refractivity contribution in [3.8, 4) is 0 Å². The van der Waals surface area contributed by atoms with Crippen LogP contribution < -0.4 is 0 Å². The first-order valence-electron chi connectivity index (χ1n) is 5.23. The lowest BCUT2D eigenvalue weighted by Gasteiger charge is -2.10. The van der Waals surface area contributed by atoms with E-state index in [0.29, 0.717) is 5.92 Å². The summed E-state index contributed by atoms with van der Waals surface area (Å²) in [5.74, 6) is 0.716. The first-order chi connectivity index (χ1) is 6.74. The first kappa shape index (κ1) is 11.0. The molecule has 0 aromatic heterocycles. The third-order valence-corrected chi connectivity index (χ3v) is 2.29. The van der Waals surface area contributed by atoms with E-state index in [9.17, 15) is 0 Å². The molecule has 0 radical (unpaired) electrons. The number of aliphatic imine (C=N–C) groups is 1. The Bertz CT molecular complexity index is 289. The van der Waals surface area contributed by atoms with Crippen molar-refractivity contribution in [2.45, 2.75) is 26.7 Å². The van der Waals surface area contributed by atoms with Crippen LogP contribution in [0.2, 0.25) is 0 Å². The molecule has 1 heteroatoms. The van der Waals surface area contributed by atoms with E-state index >= 15 is 0 Å². The molecule has 1 rings (SSSR count). The van der Waals surface area contributed by atoms with Gasteiger partial charge in [-0.25, -0.2) is 0 Å². The molecule has 1 nitrogen and oxygen atoms in total. The fourth-order valence-electron chi connectivity index (χ4n) is 1.64. The van der Waals surface area contributed by atoms with Crippen LogP contribution in [-0.2, 0) is 12.8 Å². The van der Waals surface area contributed by atoms with Crippen LogP contribution in [0.3, 0.4) is 0 Å². The Hall–Kier alpha value is -1.11. The third kappa shape index (κ3) is 3.33. The van der Waals surface area contributed by atoms with Gasteiger partial charge in [-0.15, -0.1) is 0 Å². The van der Waals surface area contributed by atoms with Gasteiger partial charge >= 0.3 is 0 Å².